The predicted octanol–water partition coefficient (Wildman–Crippen LogP) is 1.55. The minimum atomic E-state index is 0.565. The highest BCUT2D eigenvalue weighted by molar-refractivity contribution is 7.09. The summed E-state index contributed by atoms with van der Waals surface area (Å²) in [5.41, 5.74) is 7.95. The zero-order chi connectivity index (χ0) is 11.1. The van der Waals surface area contributed by atoms with Crippen molar-refractivity contribution in [3.8, 4) is 0 Å². The van der Waals surface area contributed by atoms with Gasteiger partial charge in [0.15, 0.2) is 5.82 Å². The topological polar surface area (TPSA) is 69.6 Å². The van der Waals surface area contributed by atoms with Gasteiger partial charge in [0.25, 0.3) is 0 Å². The maximum absolute atomic E-state index is 5.83. The standard InChI is InChI=1S/C10H13N5S/c1-6-12-8(5-16-6)4-15-9(7-2-3-7)10(11)13-14-15/h5,7H,2-4,11H2,1H3. The van der Waals surface area contributed by atoms with Crippen LogP contribution >= 0.6 is 11.3 Å². The van der Waals surface area contributed by atoms with E-state index >= 15 is 0 Å². The summed E-state index contributed by atoms with van der Waals surface area (Å²) in [6.45, 7) is 2.69. The van der Waals surface area contributed by atoms with Crippen molar-refractivity contribution in [1.29, 1.82) is 0 Å². The fourth-order valence-corrected chi connectivity index (χ4v) is 2.47. The SMILES string of the molecule is Cc1nc(Cn2nnc(N)c2C2CC2)cs1. The largest absolute Gasteiger partial charge is 0.381 e. The molecule has 0 amide bonds. The normalized spacial score (nSPS) is 15.6. The second kappa shape index (κ2) is 3.55. The first-order chi connectivity index (χ1) is 7.74. The molecule has 16 heavy (non-hydrogen) atoms. The van der Waals surface area contributed by atoms with Crippen molar-refractivity contribution < 1.29 is 0 Å². The van der Waals surface area contributed by atoms with Gasteiger partial charge < -0.3 is 5.73 Å². The Kier molecular flexibility index (Phi) is 2.17. The molecule has 0 atom stereocenters. The number of nitrogens with zero attached hydrogens (tertiary/aromatic N) is 4. The third-order valence-electron chi connectivity index (χ3n) is 2.74. The van der Waals surface area contributed by atoms with Gasteiger partial charge in [0, 0.05) is 11.3 Å². The van der Waals surface area contributed by atoms with Crippen molar-refractivity contribution in [1.82, 2.24) is 20.0 Å². The van der Waals surface area contributed by atoms with Gasteiger partial charge >= 0.3 is 0 Å². The zero-order valence-corrected chi connectivity index (χ0v) is 9.87. The summed E-state index contributed by atoms with van der Waals surface area (Å²) < 4.78 is 1.89. The Balaban J connectivity index is 1.89. The first-order valence-corrected chi connectivity index (χ1v) is 6.22. The van der Waals surface area contributed by atoms with Crippen LogP contribution in [-0.4, -0.2) is 20.0 Å². The highest BCUT2D eigenvalue weighted by Gasteiger charge is 2.30. The van der Waals surface area contributed by atoms with Crippen molar-refractivity contribution in [2.75, 3.05) is 5.73 Å². The number of hydrogen-bond donors (Lipinski definition) is 1. The Morgan fingerprint density at radius 1 is 1.56 bits per heavy atom. The van der Waals surface area contributed by atoms with E-state index in [-0.39, 0.29) is 0 Å². The number of thiazole rings is 1. The van der Waals surface area contributed by atoms with Crippen LogP contribution in [0.25, 0.3) is 0 Å². The lowest BCUT2D eigenvalue weighted by Crippen LogP contribution is -2.07. The van der Waals surface area contributed by atoms with Gasteiger partial charge in [-0.15, -0.1) is 16.4 Å². The average molecular weight is 235 g/mol. The van der Waals surface area contributed by atoms with E-state index in [4.69, 9.17) is 5.73 Å². The lowest BCUT2D eigenvalue weighted by atomic mass is 10.3. The quantitative estimate of drug-likeness (QED) is 0.876. The lowest BCUT2D eigenvalue weighted by molar-refractivity contribution is 0.611. The monoisotopic (exact) mass is 235 g/mol. The fraction of sp³-hybridized carbons (Fsp3) is 0.500. The molecule has 2 N–H and O–H groups in total. The van der Waals surface area contributed by atoms with Crippen LogP contribution in [0.2, 0.25) is 0 Å². The van der Waals surface area contributed by atoms with Gasteiger partial charge in [-0.05, 0) is 19.8 Å². The van der Waals surface area contributed by atoms with Gasteiger partial charge in [-0.1, -0.05) is 5.21 Å². The number of hydrogen-bond acceptors (Lipinski definition) is 5. The molecule has 0 spiro atoms. The highest BCUT2D eigenvalue weighted by atomic mass is 32.1. The molecule has 84 valence electrons. The lowest BCUT2D eigenvalue weighted by Gasteiger charge is -2.03. The molecule has 0 aliphatic heterocycles. The van der Waals surface area contributed by atoms with Gasteiger partial charge in [0.2, 0.25) is 0 Å². The van der Waals surface area contributed by atoms with Crippen molar-refractivity contribution in [3.05, 3.63) is 21.8 Å². The Hall–Kier alpha value is -1.43. The third-order valence-corrected chi connectivity index (χ3v) is 3.57. The third kappa shape index (κ3) is 1.69. The number of rotatable bonds is 3. The summed E-state index contributed by atoms with van der Waals surface area (Å²) in [4.78, 5) is 4.43. The smallest absolute Gasteiger partial charge is 0.169 e. The first kappa shape index (κ1) is 9.77. The maximum Gasteiger partial charge on any atom is 0.169 e. The van der Waals surface area contributed by atoms with E-state index in [0.717, 1.165) is 16.4 Å². The van der Waals surface area contributed by atoms with Crippen molar-refractivity contribution in [2.45, 2.75) is 32.2 Å². The molecule has 2 aromatic rings. The Morgan fingerprint density at radius 3 is 3.00 bits per heavy atom. The maximum atomic E-state index is 5.83. The molecule has 0 bridgehead atoms. The molecule has 0 radical (unpaired) electrons. The van der Waals surface area contributed by atoms with E-state index in [1.165, 1.54) is 12.8 Å². The van der Waals surface area contributed by atoms with Crippen LogP contribution in [0.15, 0.2) is 5.38 Å². The molecule has 0 saturated heterocycles. The van der Waals surface area contributed by atoms with Crippen molar-refractivity contribution >= 4 is 17.2 Å². The second-order valence-corrected chi connectivity index (χ2v) is 5.21. The van der Waals surface area contributed by atoms with Crippen molar-refractivity contribution in [2.24, 2.45) is 0 Å². The highest BCUT2D eigenvalue weighted by Crippen LogP contribution is 2.42. The molecule has 6 heteroatoms. The molecule has 2 heterocycles. The Morgan fingerprint density at radius 2 is 2.38 bits per heavy atom. The molecule has 2 aromatic heterocycles. The number of aryl methyl sites for hydroxylation is 1. The van der Waals surface area contributed by atoms with E-state index in [2.05, 4.69) is 20.7 Å². The number of nitrogen functional groups attached to an aromatic ring is 1. The summed E-state index contributed by atoms with van der Waals surface area (Å²) in [6.07, 6.45) is 2.40. The van der Waals surface area contributed by atoms with E-state index in [1.54, 1.807) is 11.3 Å². The molecule has 3 rings (SSSR count). The Bertz CT molecular complexity index is 511. The van der Waals surface area contributed by atoms with Crippen LogP contribution in [0.4, 0.5) is 5.82 Å². The van der Waals surface area contributed by atoms with Crippen molar-refractivity contribution in [3.63, 3.8) is 0 Å². The number of anilines is 1. The van der Waals surface area contributed by atoms with Crippen LogP contribution in [0.5, 0.6) is 0 Å². The van der Waals surface area contributed by atoms with Crippen LogP contribution in [0, 0.1) is 6.92 Å². The molecule has 0 unspecified atom stereocenters. The summed E-state index contributed by atoms with van der Waals surface area (Å²) in [5.74, 6) is 1.14. The molecule has 1 aliphatic rings. The Labute approximate surface area is 97.3 Å². The van der Waals surface area contributed by atoms with E-state index in [1.807, 2.05) is 11.6 Å². The molecule has 0 aromatic carbocycles. The van der Waals surface area contributed by atoms with Gasteiger partial charge in [-0.3, -0.25) is 0 Å². The fourth-order valence-electron chi connectivity index (χ4n) is 1.86. The summed E-state index contributed by atoms with van der Waals surface area (Å²) >= 11 is 1.66. The number of nitrogens with two attached hydrogens (primary N) is 1. The molecular formula is C10H13N5S. The zero-order valence-electron chi connectivity index (χ0n) is 9.05. The van der Waals surface area contributed by atoms with Crippen LogP contribution in [0.3, 0.4) is 0 Å². The van der Waals surface area contributed by atoms with Gasteiger partial charge in [0.1, 0.15) is 0 Å². The van der Waals surface area contributed by atoms with Gasteiger partial charge in [-0.25, -0.2) is 9.67 Å². The average Bonchev–Trinajstić information content (AvgIpc) is 2.91. The van der Waals surface area contributed by atoms with Gasteiger partial charge in [-0.2, -0.15) is 0 Å². The molecule has 5 nitrogen and oxygen atoms in total. The summed E-state index contributed by atoms with van der Waals surface area (Å²) in [6, 6.07) is 0. The van der Waals surface area contributed by atoms with Gasteiger partial charge in [0.05, 0.1) is 22.9 Å². The molecular weight excluding hydrogens is 222 g/mol. The molecule has 1 saturated carbocycles. The second-order valence-electron chi connectivity index (χ2n) is 4.15. The predicted molar refractivity (Wildman–Crippen MR) is 62.4 cm³/mol. The van der Waals surface area contributed by atoms with Crippen LogP contribution in [-0.2, 0) is 6.54 Å². The van der Waals surface area contributed by atoms with E-state index in [9.17, 15) is 0 Å². The van der Waals surface area contributed by atoms with Crippen LogP contribution in [0.1, 0.15) is 35.2 Å². The summed E-state index contributed by atoms with van der Waals surface area (Å²) in [5, 5.41) is 11.2. The first-order valence-electron chi connectivity index (χ1n) is 5.34. The number of aromatic nitrogens is 4. The summed E-state index contributed by atoms with van der Waals surface area (Å²) in [7, 11) is 0. The molecule has 1 fully saturated rings. The van der Waals surface area contributed by atoms with E-state index < -0.39 is 0 Å². The van der Waals surface area contributed by atoms with E-state index in [0.29, 0.717) is 18.3 Å². The van der Waals surface area contributed by atoms with Crippen LogP contribution < -0.4 is 5.73 Å². The minimum Gasteiger partial charge on any atom is -0.381 e. The minimum absolute atomic E-state index is 0.565. The molecule has 1 aliphatic carbocycles.